The van der Waals surface area contributed by atoms with E-state index in [-0.39, 0.29) is 11.3 Å². The molecule has 3 aromatic rings. The number of nitrogens with one attached hydrogen (secondary N) is 1. The lowest BCUT2D eigenvalue weighted by Gasteiger charge is -2.33. The van der Waals surface area contributed by atoms with E-state index < -0.39 is 0 Å². The van der Waals surface area contributed by atoms with E-state index in [1.807, 2.05) is 12.1 Å². The van der Waals surface area contributed by atoms with Crippen molar-refractivity contribution >= 4 is 32.1 Å². The van der Waals surface area contributed by atoms with Gasteiger partial charge in [0.1, 0.15) is 10.4 Å². The Morgan fingerprint density at radius 1 is 1.04 bits per heavy atom. The minimum atomic E-state index is -0.110. The Hall–Kier alpha value is -2.11. The first-order chi connectivity index (χ1) is 11.4. The van der Waals surface area contributed by atoms with Gasteiger partial charge in [0.2, 0.25) is 0 Å². The standard InChI is InChI=1S/C19H18N2OS2/c1-11-4-9-15-14(10-11)16-17(19(2,3)21-15)23-24-18(16)20-12-5-7-13(22)8-6-12/h4-10,21-22H,1-3H3. The number of phenolic OH excluding ortho intramolecular Hbond substituents is 1. The Morgan fingerprint density at radius 3 is 2.54 bits per heavy atom. The number of nitrogens with zero attached hydrogens (tertiary/aromatic N) is 1. The van der Waals surface area contributed by atoms with Gasteiger partial charge in [-0.2, -0.15) is 0 Å². The van der Waals surface area contributed by atoms with E-state index in [1.165, 1.54) is 21.6 Å². The molecule has 0 fully saturated rings. The molecule has 3 nitrogen and oxygen atoms in total. The molecule has 1 aliphatic rings. The van der Waals surface area contributed by atoms with Gasteiger partial charge in [-0.05, 0) is 57.2 Å². The number of hydrogen-bond donors (Lipinski definition) is 2. The van der Waals surface area contributed by atoms with E-state index in [4.69, 9.17) is 4.99 Å². The molecule has 2 heterocycles. The first-order valence-corrected chi connectivity index (χ1v) is 9.95. The predicted octanol–water partition coefficient (Wildman–Crippen LogP) is 5.38. The maximum absolute atomic E-state index is 9.46. The Balaban J connectivity index is 1.98. The molecule has 2 N–H and O–H groups in total. The summed E-state index contributed by atoms with van der Waals surface area (Å²) in [7, 11) is 3.50. The number of anilines is 1. The molecule has 4 rings (SSSR count). The third-order valence-electron chi connectivity index (χ3n) is 4.18. The van der Waals surface area contributed by atoms with Crippen LogP contribution in [0.5, 0.6) is 5.75 Å². The predicted molar refractivity (Wildman–Crippen MR) is 102 cm³/mol. The van der Waals surface area contributed by atoms with Crippen molar-refractivity contribution in [2.24, 2.45) is 4.99 Å². The highest BCUT2D eigenvalue weighted by molar-refractivity contribution is 7.68. The molecule has 0 saturated carbocycles. The van der Waals surface area contributed by atoms with E-state index in [0.717, 1.165) is 16.0 Å². The summed E-state index contributed by atoms with van der Waals surface area (Å²) in [6.07, 6.45) is 0. The molecule has 0 atom stereocenters. The Labute approximate surface area is 148 Å². The molecule has 0 spiro atoms. The van der Waals surface area contributed by atoms with Crippen LogP contribution >= 0.6 is 20.7 Å². The van der Waals surface area contributed by atoms with Crippen molar-refractivity contribution in [2.45, 2.75) is 26.3 Å². The zero-order chi connectivity index (χ0) is 16.9. The second-order valence-electron chi connectivity index (χ2n) is 6.60. The first kappa shape index (κ1) is 15.4. The molecule has 0 unspecified atom stereocenters. The van der Waals surface area contributed by atoms with Crippen molar-refractivity contribution in [3.8, 4) is 16.9 Å². The number of aryl methyl sites for hydroxylation is 1. The topological polar surface area (TPSA) is 44.6 Å². The van der Waals surface area contributed by atoms with Crippen LogP contribution in [0.2, 0.25) is 0 Å². The summed E-state index contributed by atoms with van der Waals surface area (Å²) in [5.41, 5.74) is 5.61. The van der Waals surface area contributed by atoms with Gasteiger partial charge in [-0.15, -0.1) is 0 Å². The van der Waals surface area contributed by atoms with Gasteiger partial charge < -0.3 is 10.4 Å². The van der Waals surface area contributed by atoms with Crippen molar-refractivity contribution in [1.29, 1.82) is 0 Å². The lowest BCUT2D eigenvalue weighted by atomic mass is 9.89. The summed E-state index contributed by atoms with van der Waals surface area (Å²) >= 11 is 0. The van der Waals surface area contributed by atoms with Gasteiger partial charge >= 0.3 is 0 Å². The third-order valence-corrected chi connectivity index (χ3v) is 6.83. The van der Waals surface area contributed by atoms with Crippen LogP contribution in [-0.2, 0) is 5.54 Å². The number of hydrogen-bond acceptors (Lipinski definition) is 5. The van der Waals surface area contributed by atoms with E-state index >= 15 is 0 Å². The van der Waals surface area contributed by atoms with Crippen LogP contribution in [0.3, 0.4) is 0 Å². The number of phenols is 1. The molecular formula is C19H18N2OS2. The molecule has 5 heteroatoms. The van der Waals surface area contributed by atoms with Crippen molar-refractivity contribution in [1.82, 2.24) is 0 Å². The number of aromatic hydroxyl groups is 1. The summed E-state index contributed by atoms with van der Waals surface area (Å²) in [6, 6.07) is 13.6. The largest absolute Gasteiger partial charge is 0.508 e. The first-order valence-electron chi connectivity index (χ1n) is 7.81. The summed E-state index contributed by atoms with van der Waals surface area (Å²) in [4.78, 5) is 6.16. The van der Waals surface area contributed by atoms with Crippen molar-refractivity contribution in [3.05, 3.63) is 57.6 Å². The molecule has 0 bridgehead atoms. The molecule has 1 aromatic heterocycles. The van der Waals surface area contributed by atoms with Crippen LogP contribution in [0.4, 0.5) is 11.4 Å². The van der Waals surface area contributed by atoms with Gasteiger partial charge in [-0.25, -0.2) is 4.99 Å². The van der Waals surface area contributed by atoms with E-state index in [2.05, 4.69) is 44.3 Å². The molecule has 0 amide bonds. The van der Waals surface area contributed by atoms with E-state index in [1.54, 1.807) is 32.8 Å². The van der Waals surface area contributed by atoms with Crippen LogP contribution in [0.25, 0.3) is 11.1 Å². The SMILES string of the molecule is Cc1ccc2c(c1)-c1c(ssc1=Nc1ccc(O)cc1)C(C)(C)N2. The van der Waals surface area contributed by atoms with Crippen LogP contribution < -0.4 is 9.99 Å². The zero-order valence-corrected chi connectivity index (χ0v) is 15.4. The smallest absolute Gasteiger partial charge is 0.135 e. The Morgan fingerprint density at radius 2 is 1.79 bits per heavy atom. The average Bonchev–Trinajstić information content (AvgIpc) is 2.95. The third kappa shape index (κ3) is 2.54. The van der Waals surface area contributed by atoms with Gasteiger partial charge in [0.05, 0.1) is 16.1 Å². The number of benzene rings is 2. The van der Waals surface area contributed by atoms with Crippen LogP contribution in [0.15, 0.2) is 47.5 Å². The zero-order valence-electron chi connectivity index (χ0n) is 13.8. The van der Waals surface area contributed by atoms with Gasteiger partial charge in [0, 0.05) is 16.8 Å². The Kier molecular flexibility index (Phi) is 3.51. The number of rotatable bonds is 1. The summed E-state index contributed by atoms with van der Waals surface area (Å²) in [6.45, 7) is 6.54. The molecule has 0 aliphatic carbocycles. The monoisotopic (exact) mass is 354 g/mol. The van der Waals surface area contributed by atoms with Crippen LogP contribution in [0, 0.1) is 6.92 Å². The fraction of sp³-hybridized carbons (Fsp3) is 0.211. The fourth-order valence-corrected chi connectivity index (χ4v) is 5.94. The maximum Gasteiger partial charge on any atom is 0.135 e. The lowest BCUT2D eigenvalue weighted by molar-refractivity contribution is 0.475. The normalized spacial score (nSPS) is 15.5. The second kappa shape index (κ2) is 5.46. The highest BCUT2D eigenvalue weighted by atomic mass is 32.9. The van der Waals surface area contributed by atoms with Gasteiger partial charge in [0.15, 0.2) is 0 Å². The summed E-state index contributed by atoms with van der Waals surface area (Å²) in [5.74, 6) is 0.260. The van der Waals surface area contributed by atoms with Crippen LogP contribution in [-0.4, -0.2) is 5.11 Å². The Bertz CT molecular complexity index is 981. The van der Waals surface area contributed by atoms with Crippen LogP contribution in [0.1, 0.15) is 24.3 Å². The van der Waals surface area contributed by atoms with Gasteiger partial charge in [0.25, 0.3) is 0 Å². The molecular weight excluding hydrogens is 336 g/mol. The minimum absolute atomic E-state index is 0.110. The molecule has 0 saturated heterocycles. The molecule has 122 valence electrons. The number of fused-ring (bicyclic) bond motifs is 3. The second-order valence-corrected chi connectivity index (χ2v) is 8.73. The summed E-state index contributed by atoms with van der Waals surface area (Å²) < 4.78 is 1.03. The molecule has 24 heavy (non-hydrogen) atoms. The van der Waals surface area contributed by atoms with Gasteiger partial charge in [-0.1, -0.05) is 32.3 Å². The maximum atomic E-state index is 9.46. The van der Waals surface area contributed by atoms with Crippen molar-refractivity contribution in [2.75, 3.05) is 5.32 Å². The average molecular weight is 355 g/mol. The molecule has 2 aromatic carbocycles. The fourth-order valence-electron chi connectivity index (χ4n) is 3.00. The quantitative estimate of drug-likeness (QED) is 0.576. The minimum Gasteiger partial charge on any atom is -0.508 e. The van der Waals surface area contributed by atoms with Crippen molar-refractivity contribution < 1.29 is 5.11 Å². The highest BCUT2D eigenvalue weighted by Crippen LogP contribution is 2.45. The van der Waals surface area contributed by atoms with Crippen molar-refractivity contribution in [3.63, 3.8) is 0 Å². The molecule has 1 aliphatic heterocycles. The molecule has 0 radical (unpaired) electrons. The van der Waals surface area contributed by atoms with E-state index in [0.29, 0.717) is 0 Å². The van der Waals surface area contributed by atoms with E-state index in [9.17, 15) is 5.11 Å². The lowest BCUT2D eigenvalue weighted by Crippen LogP contribution is -2.31. The van der Waals surface area contributed by atoms with Gasteiger partial charge in [-0.3, -0.25) is 0 Å². The summed E-state index contributed by atoms with van der Waals surface area (Å²) in [5, 5.41) is 13.1. The highest BCUT2D eigenvalue weighted by Gasteiger charge is 2.33.